The molecule has 2 rings (SSSR count). The number of anilines is 2. The standard InChI is InChI=1S/C18H21BrN2O2/c1-3-23-16-7-5-15(6-8-16)20-11-10-18(22)21-17-9-4-14(19)12-13(17)2/h4-9,12,20H,3,10-11H2,1-2H3,(H,21,22). The Hall–Kier alpha value is -2.01. The molecule has 0 saturated heterocycles. The molecule has 0 aliphatic heterocycles. The number of hydrogen-bond donors (Lipinski definition) is 2. The van der Waals surface area contributed by atoms with Crippen molar-refractivity contribution in [2.75, 3.05) is 23.8 Å². The smallest absolute Gasteiger partial charge is 0.226 e. The minimum atomic E-state index is -0.00569. The van der Waals surface area contributed by atoms with Crippen molar-refractivity contribution in [1.29, 1.82) is 0 Å². The highest BCUT2D eigenvalue weighted by molar-refractivity contribution is 9.10. The normalized spacial score (nSPS) is 10.2. The highest BCUT2D eigenvalue weighted by Crippen LogP contribution is 2.20. The van der Waals surface area contributed by atoms with Crippen molar-refractivity contribution in [2.24, 2.45) is 0 Å². The molecule has 0 bridgehead atoms. The molecule has 0 fully saturated rings. The van der Waals surface area contributed by atoms with Crippen molar-refractivity contribution in [3.8, 4) is 5.75 Å². The van der Waals surface area contributed by atoms with Crippen LogP contribution >= 0.6 is 15.9 Å². The Morgan fingerprint density at radius 3 is 2.57 bits per heavy atom. The maximum atomic E-state index is 12.0. The summed E-state index contributed by atoms with van der Waals surface area (Å²) in [5.41, 5.74) is 2.85. The van der Waals surface area contributed by atoms with Gasteiger partial charge in [-0.15, -0.1) is 0 Å². The van der Waals surface area contributed by atoms with Gasteiger partial charge in [-0.05, 0) is 61.9 Å². The molecule has 122 valence electrons. The molecule has 0 atom stereocenters. The predicted octanol–water partition coefficient (Wildman–Crippen LogP) is 4.60. The average molecular weight is 377 g/mol. The lowest BCUT2D eigenvalue weighted by molar-refractivity contribution is -0.115. The second-order valence-corrected chi connectivity index (χ2v) is 6.06. The molecule has 0 heterocycles. The summed E-state index contributed by atoms with van der Waals surface area (Å²) in [6.45, 7) is 5.16. The van der Waals surface area contributed by atoms with E-state index in [9.17, 15) is 4.79 Å². The van der Waals surface area contributed by atoms with Gasteiger partial charge in [0, 0.05) is 28.8 Å². The van der Waals surface area contributed by atoms with E-state index in [0.717, 1.165) is 27.2 Å². The first-order chi connectivity index (χ1) is 11.1. The number of ether oxygens (including phenoxy) is 1. The summed E-state index contributed by atoms with van der Waals surface area (Å²) < 4.78 is 6.40. The first-order valence-corrected chi connectivity index (χ1v) is 8.40. The van der Waals surface area contributed by atoms with Crippen LogP contribution in [0.4, 0.5) is 11.4 Å². The molecule has 0 saturated carbocycles. The Balaban J connectivity index is 1.78. The van der Waals surface area contributed by atoms with E-state index >= 15 is 0 Å². The number of nitrogens with one attached hydrogen (secondary N) is 2. The van der Waals surface area contributed by atoms with Crippen LogP contribution in [0.1, 0.15) is 18.9 Å². The minimum absolute atomic E-state index is 0.00569. The van der Waals surface area contributed by atoms with E-state index in [1.165, 1.54) is 0 Å². The molecular weight excluding hydrogens is 356 g/mol. The zero-order valence-electron chi connectivity index (χ0n) is 13.4. The van der Waals surface area contributed by atoms with Crippen LogP contribution in [0.15, 0.2) is 46.9 Å². The molecule has 1 amide bonds. The highest BCUT2D eigenvalue weighted by Gasteiger charge is 2.05. The number of carbonyl (C=O) groups excluding carboxylic acids is 1. The topological polar surface area (TPSA) is 50.4 Å². The zero-order chi connectivity index (χ0) is 16.7. The summed E-state index contributed by atoms with van der Waals surface area (Å²) in [6, 6.07) is 13.5. The summed E-state index contributed by atoms with van der Waals surface area (Å²) >= 11 is 3.41. The number of rotatable bonds is 7. The van der Waals surface area contributed by atoms with E-state index in [1.54, 1.807) is 0 Å². The second-order valence-electron chi connectivity index (χ2n) is 5.14. The van der Waals surface area contributed by atoms with Gasteiger partial charge in [0.05, 0.1) is 6.61 Å². The summed E-state index contributed by atoms with van der Waals surface area (Å²) in [5, 5.41) is 6.16. The van der Waals surface area contributed by atoms with Gasteiger partial charge in [-0.2, -0.15) is 0 Å². The maximum Gasteiger partial charge on any atom is 0.226 e. The lowest BCUT2D eigenvalue weighted by Gasteiger charge is -2.10. The Labute approximate surface area is 145 Å². The number of halogens is 1. The Morgan fingerprint density at radius 2 is 1.91 bits per heavy atom. The Bertz CT molecular complexity index is 657. The fourth-order valence-corrected chi connectivity index (χ4v) is 2.61. The third-order valence-electron chi connectivity index (χ3n) is 3.31. The summed E-state index contributed by atoms with van der Waals surface area (Å²) in [6.07, 6.45) is 0.405. The van der Waals surface area contributed by atoms with Gasteiger partial charge in [0.2, 0.25) is 5.91 Å². The van der Waals surface area contributed by atoms with E-state index in [2.05, 4.69) is 26.6 Å². The van der Waals surface area contributed by atoms with Crippen LogP contribution in [0.2, 0.25) is 0 Å². The lowest BCUT2D eigenvalue weighted by Crippen LogP contribution is -2.16. The van der Waals surface area contributed by atoms with Gasteiger partial charge in [0.1, 0.15) is 5.75 Å². The SMILES string of the molecule is CCOc1ccc(NCCC(=O)Nc2ccc(Br)cc2C)cc1. The lowest BCUT2D eigenvalue weighted by atomic mass is 10.2. The molecule has 0 aliphatic rings. The third-order valence-corrected chi connectivity index (χ3v) is 3.80. The van der Waals surface area contributed by atoms with Crippen molar-refractivity contribution in [3.63, 3.8) is 0 Å². The summed E-state index contributed by atoms with van der Waals surface area (Å²) in [4.78, 5) is 12.0. The Kier molecular flexibility index (Phi) is 6.47. The molecule has 0 aromatic heterocycles. The molecule has 4 nitrogen and oxygen atoms in total. The fraction of sp³-hybridized carbons (Fsp3) is 0.278. The molecule has 2 N–H and O–H groups in total. The van der Waals surface area contributed by atoms with E-state index < -0.39 is 0 Å². The van der Waals surface area contributed by atoms with E-state index in [4.69, 9.17) is 4.74 Å². The predicted molar refractivity (Wildman–Crippen MR) is 98.2 cm³/mol. The summed E-state index contributed by atoms with van der Waals surface area (Å²) in [7, 11) is 0. The summed E-state index contributed by atoms with van der Waals surface area (Å²) in [5.74, 6) is 0.843. The first-order valence-electron chi connectivity index (χ1n) is 7.61. The van der Waals surface area contributed by atoms with Crippen molar-refractivity contribution >= 4 is 33.2 Å². The van der Waals surface area contributed by atoms with E-state index in [-0.39, 0.29) is 5.91 Å². The molecule has 2 aromatic carbocycles. The van der Waals surface area contributed by atoms with Crippen molar-refractivity contribution < 1.29 is 9.53 Å². The van der Waals surface area contributed by atoms with Gasteiger partial charge in [0.25, 0.3) is 0 Å². The molecule has 0 aliphatic carbocycles. The molecule has 5 heteroatoms. The second kappa shape index (κ2) is 8.58. The van der Waals surface area contributed by atoms with Crippen LogP contribution < -0.4 is 15.4 Å². The van der Waals surface area contributed by atoms with Gasteiger partial charge in [-0.25, -0.2) is 0 Å². The quantitative estimate of drug-likeness (QED) is 0.742. The van der Waals surface area contributed by atoms with Crippen LogP contribution in [-0.2, 0) is 4.79 Å². The highest BCUT2D eigenvalue weighted by atomic mass is 79.9. The van der Waals surface area contributed by atoms with Gasteiger partial charge >= 0.3 is 0 Å². The molecular formula is C18H21BrN2O2. The number of benzene rings is 2. The zero-order valence-corrected chi connectivity index (χ0v) is 14.9. The van der Waals surface area contributed by atoms with Crippen molar-refractivity contribution in [2.45, 2.75) is 20.3 Å². The molecule has 0 unspecified atom stereocenters. The molecule has 0 radical (unpaired) electrons. The number of amides is 1. The largest absolute Gasteiger partial charge is 0.494 e. The number of hydrogen-bond acceptors (Lipinski definition) is 3. The van der Waals surface area contributed by atoms with E-state index in [0.29, 0.717) is 19.6 Å². The monoisotopic (exact) mass is 376 g/mol. The fourth-order valence-electron chi connectivity index (χ4n) is 2.14. The van der Waals surface area contributed by atoms with Crippen molar-refractivity contribution in [1.82, 2.24) is 0 Å². The van der Waals surface area contributed by atoms with Gasteiger partial charge in [-0.3, -0.25) is 4.79 Å². The van der Waals surface area contributed by atoms with E-state index in [1.807, 2.05) is 56.3 Å². The number of aryl methyl sites for hydroxylation is 1. The van der Waals surface area contributed by atoms with Crippen LogP contribution in [0, 0.1) is 6.92 Å². The van der Waals surface area contributed by atoms with Gasteiger partial charge in [-0.1, -0.05) is 15.9 Å². The van der Waals surface area contributed by atoms with Crippen LogP contribution in [0.25, 0.3) is 0 Å². The average Bonchev–Trinajstić information content (AvgIpc) is 2.52. The molecule has 23 heavy (non-hydrogen) atoms. The van der Waals surface area contributed by atoms with Crippen molar-refractivity contribution in [3.05, 3.63) is 52.5 Å². The minimum Gasteiger partial charge on any atom is -0.494 e. The van der Waals surface area contributed by atoms with Gasteiger partial charge < -0.3 is 15.4 Å². The maximum absolute atomic E-state index is 12.0. The number of carbonyl (C=O) groups is 1. The third kappa shape index (κ3) is 5.60. The van der Waals surface area contributed by atoms with Gasteiger partial charge in [0.15, 0.2) is 0 Å². The van der Waals surface area contributed by atoms with Crippen LogP contribution in [-0.4, -0.2) is 19.1 Å². The Morgan fingerprint density at radius 1 is 1.17 bits per heavy atom. The van der Waals surface area contributed by atoms with Crippen LogP contribution in [0.5, 0.6) is 5.75 Å². The molecule has 2 aromatic rings. The molecule has 0 spiro atoms. The first kappa shape index (κ1) is 17.3. The van der Waals surface area contributed by atoms with Crippen LogP contribution in [0.3, 0.4) is 0 Å².